The number of halogens is 2. The average Bonchev–Trinajstić information content (AvgIpc) is 3.43. The lowest BCUT2D eigenvalue weighted by atomic mass is 10.1. The van der Waals surface area contributed by atoms with E-state index in [1.165, 1.54) is 16.2 Å². The molecule has 5 rings (SSSR count). The molecule has 1 amide bonds. The van der Waals surface area contributed by atoms with Gasteiger partial charge in [-0.05, 0) is 42.0 Å². The quantitative estimate of drug-likeness (QED) is 0.533. The maximum Gasteiger partial charge on any atom is 0.284 e. The van der Waals surface area contributed by atoms with Crippen LogP contribution in [0.5, 0.6) is 11.5 Å². The number of nitrogens with zero attached hydrogens (tertiary/aromatic N) is 3. The number of benzene rings is 2. The van der Waals surface area contributed by atoms with Crippen LogP contribution in [0.15, 0.2) is 58.7 Å². The van der Waals surface area contributed by atoms with Crippen LogP contribution in [0, 0.1) is 0 Å². The molecular weight excluding hydrogens is 433 g/mol. The number of rotatable bonds is 3. The molecule has 9 heteroatoms. The maximum atomic E-state index is 13.2. The van der Waals surface area contributed by atoms with Crippen LogP contribution in [0.4, 0.5) is 5.13 Å². The van der Waals surface area contributed by atoms with Crippen LogP contribution in [-0.4, -0.2) is 23.5 Å². The number of ether oxygens (including phenoxy) is 2. The van der Waals surface area contributed by atoms with Crippen LogP contribution >= 0.6 is 34.5 Å². The Morgan fingerprint density at radius 1 is 1.10 bits per heavy atom. The summed E-state index contributed by atoms with van der Waals surface area (Å²) in [7, 11) is 0. The number of fused-ring (bicyclic) bond motifs is 1. The monoisotopic (exact) mass is 443 g/mol. The van der Waals surface area contributed by atoms with E-state index >= 15 is 0 Å². The van der Waals surface area contributed by atoms with Crippen molar-refractivity contribution in [1.82, 2.24) is 4.98 Å². The van der Waals surface area contributed by atoms with Crippen LogP contribution in [0.1, 0.15) is 11.1 Å². The number of aromatic nitrogens is 1. The number of aliphatic imine (C=N–C) groups is 1. The highest BCUT2D eigenvalue weighted by atomic mass is 35.5. The highest BCUT2D eigenvalue weighted by Crippen LogP contribution is 2.35. The molecular formula is C20H11Cl2N3O3S. The molecule has 0 atom stereocenters. The largest absolute Gasteiger partial charge is 0.454 e. The van der Waals surface area contributed by atoms with Gasteiger partial charge in [0.1, 0.15) is 5.70 Å². The molecule has 2 aromatic carbocycles. The van der Waals surface area contributed by atoms with Crippen LogP contribution < -0.4 is 14.4 Å². The minimum atomic E-state index is -0.293. The van der Waals surface area contributed by atoms with E-state index in [1.54, 1.807) is 48.0 Å². The standard InChI is InChI=1S/C20H11Cl2N3O3S/c21-12-2-3-13(14(22)9-12)18-24-15(19(26)25(18)20-23-5-6-29-20)7-11-1-4-16-17(8-11)28-10-27-16/h1-9H,10H2/b15-7+. The van der Waals surface area contributed by atoms with Crippen LogP contribution in [0.2, 0.25) is 10.0 Å². The fourth-order valence-corrected chi connectivity index (χ4v) is 4.17. The molecule has 6 nitrogen and oxygen atoms in total. The molecule has 0 bridgehead atoms. The second kappa shape index (κ2) is 7.18. The van der Waals surface area contributed by atoms with Gasteiger partial charge in [0.05, 0.1) is 5.02 Å². The number of hydrogen-bond donors (Lipinski definition) is 0. The molecule has 0 saturated carbocycles. The van der Waals surface area contributed by atoms with Crippen molar-refractivity contribution < 1.29 is 14.3 Å². The summed E-state index contributed by atoms with van der Waals surface area (Å²) in [6.07, 6.45) is 3.33. The summed E-state index contributed by atoms with van der Waals surface area (Å²) >= 11 is 13.7. The Morgan fingerprint density at radius 2 is 1.97 bits per heavy atom. The van der Waals surface area contributed by atoms with Gasteiger partial charge in [-0.15, -0.1) is 11.3 Å². The summed E-state index contributed by atoms with van der Waals surface area (Å²) in [5.74, 6) is 1.41. The number of anilines is 1. The second-order valence-electron chi connectivity index (χ2n) is 6.16. The van der Waals surface area contributed by atoms with E-state index in [-0.39, 0.29) is 18.4 Å². The lowest BCUT2D eigenvalue weighted by Crippen LogP contribution is -2.32. The molecule has 2 aliphatic rings. The number of amides is 1. The lowest BCUT2D eigenvalue weighted by molar-refractivity contribution is -0.113. The van der Waals surface area contributed by atoms with Crippen molar-refractivity contribution in [2.45, 2.75) is 0 Å². The fraction of sp³-hybridized carbons (Fsp3) is 0.0500. The van der Waals surface area contributed by atoms with Crippen molar-refractivity contribution in [3.05, 3.63) is 74.8 Å². The van der Waals surface area contributed by atoms with Crippen molar-refractivity contribution in [2.75, 3.05) is 11.7 Å². The molecule has 0 N–H and O–H groups in total. The van der Waals surface area contributed by atoms with Gasteiger partial charge < -0.3 is 9.47 Å². The van der Waals surface area contributed by atoms with Gasteiger partial charge >= 0.3 is 0 Å². The van der Waals surface area contributed by atoms with Gasteiger partial charge in [-0.25, -0.2) is 14.9 Å². The number of carbonyl (C=O) groups is 1. The van der Waals surface area contributed by atoms with Gasteiger partial charge in [0, 0.05) is 22.2 Å². The van der Waals surface area contributed by atoms with Crippen molar-refractivity contribution in [3.63, 3.8) is 0 Å². The van der Waals surface area contributed by atoms with E-state index in [9.17, 15) is 4.79 Å². The smallest absolute Gasteiger partial charge is 0.284 e. The molecule has 0 fully saturated rings. The molecule has 29 heavy (non-hydrogen) atoms. The van der Waals surface area contributed by atoms with E-state index in [0.29, 0.717) is 38.1 Å². The Labute approximate surface area is 179 Å². The maximum absolute atomic E-state index is 13.2. The molecule has 1 aromatic heterocycles. The van der Waals surface area contributed by atoms with E-state index in [0.717, 1.165) is 5.56 Å². The minimum absolute atomic E-state index is 0.184. The van der Waals surface area contributed by atoms with E-state index in [1.807, 2.05) is 6.07 Å². The fourth-order valence-electron chi connectivity index (χ4n) is 3.03. The third kappa shape index (κ3) is 3.27. The topological polar surface area (TPSA) is 64.0 Å². The number of hydrogen-bond acceptors (Lipinski definition) is 6. The van der Waals surface area contributed by atoms with Gasteiger partial charge in [-0.1, -0.05) is 29.3 Å². The molecule has 0 aliphatic carbocycles. The predicted molar refractivity (Wildman–Crippen MR) is 113 cm³/mol. The van der Waals surface area contributed by atoms with Crippen LogP contribution in [0.3, 0.4) is 0 Å². The normalized spacial score (nSPS) is 16.6. The lowest BCUT2D eigenvalue weighted by Gasteiger charge is -2.15. The minimum Gasteiger partial charge on any atom is -0.454 e. The van der Waals surface area contributed by atoms with Crippen LogP contribution in [0.25, 0.3) is 6.08 Å². The first kappa shape index (κ1) is 18.2. The van der Waals surface area contributed by atoms with E-state index < -0.39 is 0 Å². The summed E-state index contributed by atoms with van der Waals surface area (Å²) in [5.41, 5.74) is 1.62. The molecule has 0 saturated heterocycles. The summed E-state index contributed by atoms with van der Waals surface area (Å²) in [6, 6.07) is 10.5. The molecule has 2 aliphatic heterocycles. The molecule has 3 aromatic rings. The summed E-state index contributed by atoms with van der Waals surface area (Å²) in [6.45, 7) is 0.184. The average molecular weight is 444 g/mol. The summed E-state index contributed by atoms with van der Waals surface area (Å²) < 4.78 is 10.7. The molecule has 3 heterocycles. The third-order valence-electron chi connectivity index (χ3n) is 4.34. The zero-order valence-corrected chi connectivity index (χ0v) is 17.0. The Balaban J connectivity index is 1.61. The summed E-state index contributed by atoms with van der Waals surface area (Å²) in [4.78, 5) is 23.5. The highest BCUT2D eigenvalue weighted by molar-refractivity contribution is 7.14. The molecule has 144 valence electrons. The number of amidine groups is 1. The Bertz CT molecular complexity index is 1190. The first-order chi connectivity index (χ1) is 14.1. The Hall–Kier alpha value is -2.87. The SMILES string of the molecule is O=C1/C(=C\c2ccc3c(c2)OCO3)N=C(c2ccc(Cl)cc2Cl)N1c1nccs1. The van der Waals surface area contributed by atoms with Crippen molar-refractivity contribution in [3.8, 4) is 11.5 Å². The predicted octanol–water partition coefficient (Wildman–Crippen LogP) is 5.01. The molecule has 0 unspecified atom stereocenters. The van der Waals surface area contributed by atoms with Gasteiger partial charge in [0.25, 0.3) is 5.91 Å². The summed E-state index contributed by atoms with van der Waals surface area (Å²) in [5, 5.41) is 3.20. The zero-order valence-electron chi connectivity index (χ0n) is 14.6. The van der Waals surface area contributed by atoms with Crippen molar-refractivity contribution >= 4 is 57.5 Å². The van der Waals surface area contributed by atoms with E-state index in [4.69, 9.17) is 32.7 Å². The van der Waals surface area contributed by atoms with Gasteiger partial charge in [0.15, 0.2) is 22.5 Å². The van der Waals surface area contributed by atoms with E-state index in [2.05, 4.69) is 9.98 Å². The first-order valence-electron chi connectivity index (χ1n) is 8.49. The third-order valence-corrected chi connectivity index (χ3v) is 5.65. The van der Waals surface area contributed by atoms with Crippen molar-refractivity contribution in [2.24, 2.45) is 4.99 Å². The number of thiazole rings is 1. The van der Waals surface area contributed by atoms with Crippen molar-refractivity contribution in [1.29, 1.82) is 0 Å². The Kier molecular flexibility index (Phi) is 4.50. The van der Waals surface area contributed by atoms with Gasteiger partial charge in [0.2, 0.25) is 6.79 Å². The molecule has 0 spiro atoms. The number of carbonyl (C=O) groups excluding carboxylic acids is 1. The second-order valence-corrected chi connectivity index (χ2v) is 7.87. The van der Waals surface area contributed by atoms with Gasteiger partial charge in [-0.3, -0.25) is 4.79 Å². The highest BCUT2D eigenvalue weighted by Gasteiger charge is 2.35. The first-order valence-corrected chi connectivity index (χ1v) is 10.1. The Morgan fingerprint density at radius 3 is 2.76 bits per heavy atom. The zero-order chi connectivity index (χ0) is 20.0. The van der Waals surface area contributed by atoms with Crippen LogP contribution in [-0.2, 0) is 4.79 Å². The molecule has 0 radical (unpaired) electrons. The van der Waals surface area contributed by atoms with Gasteiger partial charge in [-0.2, -0.15) is 0 Å².